The van der Waals surface area contributed by atoms with E-state index in [1.54, 1.807) is 35.5 Å². The van der Waals surface area contributed by atoms with Gasteiger partial charge in [0.2, 0.25) is 17.8 Å². The number of carbonyl (C=O) groups excluding carboxylic acids is 2. The number of nitrogens with one attached hydrogen (secondary N) is 1. The summed E-state index contributed by atoms with van der Waals surface area (Å²) in [7, 11) is 0. The summed E-state index contributed by atoms with van der Waals surface area (Å²) in [6.07, 6.45) is 4.61. The lowest BCUT2D eigenvalue weighted by molar-refractivity contribution is -0.142. The van der Waals surface area contributed by atoms with Gasteiger partial charge in [-0.3, -0.25) is 9.59 Å². The van der Waals surface area contributed by atoms with Gasteiger partial charge in [0.05, 0.1) is 6.61 Å². The number of hydrogen-bond acceptors (Lipinski definition) is 6. The molecule has 2 aliphatic rings. The van der Waals surface area contributed by atoms with Crippen LogP contribution in [0.3, 0.4) is 0 Å². The van der Waals surface area contributed by atoms with Crippen LogP contribution in [0.2, 0.25) is 0 Å². The molecular weight excluding hydrogens is 370 g/mol. The summed E-state index contributed by atoms with van der Waals surface area (Å²) in [6.45, 7) is 4.96. The number of amides is 2. The van der Waals surface area contributed by atoms with E-state index in [-0.39, 0.29) is 11.8 Å². The summed E-state index contributed by atoms with van der Waals surface area (Å²) in [4.78, 5) is 38.3. The van der Waals surface area contributed by atoms with Gasteiger partial charge in [0, 0.05) is 44.3 Å². The molecule has 8 nitrogen and oxygen atoms in total. The highest BCUT2D eigenvalue weighted by atomic mass is 16.5. The molecule has 1 aromatic heterocycles. The van der Waals surface area contributed by atoms with Crippen molar-refractivity contribution in [3.8, 4) is 5.75 Å². The summed E-state index contributed by atoms with van der Waals surface area (Å²) in [5, 5.41) is 2.90. The molecule has 152 valence electrons. The minimum absolute atomic E-state index is 0.0745. The van der Waals surface area contributed by atoms with E-state index in [2.05, 4.69) is 20.2 Å². The zero-order valence-corrected chi connectivity index (χ0v) is 16.5. The Hall–Kier alpha value is -3.16. The second-order valence-corrected chi connectivity index (χ2v) is 7.32. The minimum Gasteiger partial charge on any atom is -0.494 e. The van der Waals surface area contributed by atoms with Crippen LogP contribution in [0.5, 0.6) is 5.75 Å². The molecule has 8 heteroatoms. The van der Waals surface area contributed by atoms with Gasteiger partial charge in [0.1, 0.15) is 11.2 Å². The van der Waals surface area contributed by atoms with E-state index < -0.39 is 5.41 Å². The molecule has 0 spiro atoms. The van der Waals surface area contributed by atoms with E-state index in [1.807, 2.05) is 19.1 Å². The van der Waals surface area contributed by atoms with Gasteiger partial charge in [-0.15, -0.1) is 0 Å². The molecule has 2 amide bonds. The third kappa shape index (κ3) is 4.01. The first-order chi connectivity index (χ1) is 14.1. The summed E-state index contributed by atoms with van der Waals surface area (Å²) >= 11 is 0. The molecule has 29 heavy (non-hydrogen) atoms. The highest BCUT2D eigenvalue weighted by Crippen LogP contribution is 2.48. The van der Waals surface area contributed by atoms with Crippen molar-refractivity contribution in [3.05, 3.63) is 42.7 Å². The van der Waals surface area contributed by atoms with Gasteiger partial charge in [-0.2, -0.15) is 0 Å². The van der Waals surface area contributed by atoms with E-state index >= 15 is 0 Å². The molecular formula is C21H25N5O3. The topological polar surface area (TPSA) is 87.7 Å². The van der Waals surface area contributed by atoms with Crippen molar-refractivity contribution in [2.75, 3.05) is 43.0 Å². The van der Waals surface area contributed by atoms with Crippen LogP contribution >= 0.6 is 0 Å². The predicted octanol–water partition coefficient (Wildman–Crippen LogP) is 1.94. The van der Waals surface area contributed by atoms with Crippen molar-refractivity contribution < 1.29 is 14.3 Å². The van der Waals surface area contributed by atoms with Crippen LogP contribution in [0.4, 0.5) is 11.6 Å². The van der Waals surface area contributed by atoms with E-state index in [1.165, 1.54) is 0 Å². The smallest absolute Gasteiger partial charge is 0.240 e. The minimum atomic E-state index is -0.927. The Morgan fingerprint density at radius 2 is 1.72 bits per heavy atom. The third-order valence-electron chi connectivity index (χ3n) is 5.42. The Kier molecular flexibility index (Phi) is 5.33. The van der Waals surface area contributed by atoms with E-state index in [0.717, 1.165) is 5.75 Å². The van der Waals surface area contributed by atoms with Gasteiger partial charge in [-0.1, -0.05) is 0 Å². The summed E-state index contributed by atoms with van der Waals surface area (Å²) in [5.41, 5.74) is -0.257. The third-order valence-corrected chi connectivity index (χ3v) is 5.42. The van der Waals surface area contributed by atoms with Gasteiger partial charge in [0.15, 0.2) is 0 Å². The van der Waals surface area contributed by atoms with Crippen LogP contribution in [0.15, 0.2) is 42.7 Å². The molecule has 1 aliphatic carbocycles. The van der Waals surface area contributed by atoms with Gasteiger partial charge in [-0.05, 0) is 50.1 Å². The van der Waals surface area contributed by atoms with Crippen molar-refractivity contribution in [2.45, 2.75) is 19.8 Å². The fourth-order valence-corrected chi connectivity index (χ4v) is 3.58. The van der Waals surface area contributed by atoms with Gasteiger partial charge in [0.25, 0.3) is 0 Å². The maximum Gasteiger partial charge on any atom is 0.240 e. The highest BCUT2D eigenvalue weighted by Gasteiger charge is 2.58. The van der Waals surface area contributed by atoms with E-state index in [0.29, 0.717) is 57.3 Å². The first-order valence-corrected chi connectivity index (χ1v) is 9.98. The molecule has 0 radical (unpaired) electrons. The number of rotatable bonds is 6. The molecule has 2 heterocycles. The van der Waals surface area contributed by atoms with E-state index in [4.69, 9.17) is 4.74 Å². The van der Waals surface area contributed by atoms with Crippen molar-refractivity contribution >= 4 is 23.5 Å². The summed E-state index contributed by atoms with van der Waals surface area (Å²) in [6, 6.07) is 8.99. The Balaban J connectivity index is 1.35. The summed E-state index contributed by atoms with van der Waals surface area (Å²) in [5.74, 6) is 1.13. The average molecular weight is 395 g/mol. The maximum absolute atomic E-state index is 13.1. The SMILES string of the molecule is CCOc1ccc(NC(=O)C2(C(=O)N3CCN(c4ncccn4)CC3)CC2)cc1. The predicted molar refractivity (Wildman–Crippen MR) is 109 cm³/mol. The number of anilines is 2. The number of aromatic nitrogens is 2. The number of benzene rings is 1. The highest BCUT2D eigenvalue weighted by molar-refractivity contribution is 6.13. The maximum atomic E-state index is 13.1. The van der Waals surface area contributed by atoms with Gasteiger partial charge < -0.3 is 19.9 Å². The number of carbonyl (C=O) groups is 2. The lowest BCUT2D eigenvalue weighted by Crippen LogP contribution is -2.53. The van der Waals surface area contributed by atoms with E-state index in [9.17, 15) is 9.59 Å². The van der Waals surface area contributed by atoms with Crippen molar-refractivity contribution in [3.63, 3.8) is 0 Å². The Bertz CT molecular complexity index is 860. The first kappa shape index (κ1) is 19.2. The second kappa shape index (κ2) is 8.06. The van der Waals surface area contributed by atoms with Crippen LogP contribution in [-0.2, 0) is 9.59 Å². The number of nitrogens with zero attached hydrogens (tertiary/aromatic N) is 4. The fraction of sp³-hybridized carbons (Fsp3) is 0.429. The van der Waals surface area contributed by atoms with Crippen molar-refractivity contribution in [2.24, 2.45) is 5.41 Å². The molecule has 2 aromatic rings. The van der Waals surface area contributed by atoms with Crippen LogP contribution in [0, 0.1) is 5.41 Å². The zero-order chi connectivity index (χ0) is 20.3. The standard InChI is InChI=1S/C21H25N5O3/c1-2-29-17-6-4-16(5-7-17)24-18(27)21(8-9-21)19(28)25-12-14-26(15-13-25)20-22-10-3-11-23-20/h3-7,10-11H,2,8-9,12-15H2,1H3,(H,24,27). The molecule has 1 aliphatic heterocycles. The lowest BCUT2D eigenvalue weighted by Gasteiger charge is -2.36. The fourth-order valence-electron chi connectivity index (χ4n) is 3.58. The van der Waals surface area contributed by atoms with Crippen LogP contribution in [0.25, 0.3) is 0 Å². The van der Waals surface area contributed by atoms with Crippen molar-refractivity contribution in [1.82, 2.24) is 14.9 Å². The van der Waals surface area contributed by atoms with Gasteiger partial charge in [-0.25, -0.2) is 9.97 Å². The van der Waals surface area contributed by atoms with Crippen LogP contribution < -0.4 is 15.0 Å². The second-order valence-electron chi connectivity index (χ2n) is 7.32. The number of ether oxygens (including phenoxy) is 1. The Morgan fingerprint density at radius 1 is 1.07 bits per heavy atom. The molecule has 0 atom stereocenters. The molecule has 2 fully saturated rings. The zero-order valence-electron chi connectivity index (χ0n) is 16.5. The molecule has 1 saturated carbocycles. The quantitative estimate of drug-likeness (QED) is 0.752. The molecule has 4 rings (SSSR count). The molecule has 1 aromatic carbocycles. The molecule has 1 saturated heterocycles. The first-order valence-electron chi connectivity index (χ1n) is 9.98. The monoisotopic (exact) mass is 395 g/mol. The van der Waals surface area contributed by atoms with Gasteiger partial charge >= 0.3 is 0 Å². The van der Waals surface area contributed by atoms with Crippen LogP contribution in [-0.4, -0.2) is 59.5 Å². The largest absolute Gasteiger partial charge is 0.494 e. The number of hydrogen-bond donors (Lipinski definition) is 1. The lowest BCUT2D eigenvalue weighted by atomic mass is 10.0. The number of piperazine rings is 1. The molecule has 1 N–H and O–H groups in total. The Labute approximate surface area is 169 Å². The molecule has 0 bridgehead atoms. The average Bonchev–Trinajstić information content (AvgIpc) is 3.58. The van der Waals surface area contributed by atoms with Crippen molar-refractivity contribution in [1.29, 1.82) is 0 Å². The normalized spacial score (nSPS) is 17.6. The molecule has 0 unspecified atom stereocenters. The Morgan fingerprint density at radius 3 is 2.31 bits per heavy atom. The van der Waals surface area contributed by atoms with Crippen LogP contribution in [0.1, 0.15) is 19.8 Å². The summed E-state index contributed by atoms with van der Waals surface area (Å²) < 4.78 is 5.42.